The van der Waals surface area contributed by atoms with Crippen molar-refractivity contribution >= 4 is 35.0 Å². The topological polar surface area (TPSA) is 46.9 Å². The number of aryl methyl sites for hydroxylation is 1. The van der Waals surface area contributed by atoms with E-state index >= 15 is 0 Å². The van der Waals surface area contributed by atoms with Crippen molar-refractivity contribution in [3.63, 3.8) is 0 Å². The summed E-state index contributed by atoms with van der Waals surface area (Å²) < 4.78 is 15.3. The van der Waals surface area contributed by atoms with Gasteiger partial charge in [0.25, 0.3) is 0 Å². The lowest BCUT2D eigenvalue weighted by molar-refractivity contribution is -0.115. The molecule has 1 heterocycles. The van der Waals surface area contributed by atoms with Crippen molar-refractivity contribution in [3.05, 3.63) is 40.4 Å². The van der Waals surface area contributed by atoms with E-state index in [1.54, 1.807) is 0 Å². The van der Waals surface area contributed by atoms with Gasteiger partial charge in [0, 0.05) is 12.2 Å². The van der Waals surface area contributed by atoms with Crippen LogP contribution < -0.4 is 5.32 Å². The SMILES string of the molecule is CCCCn1c(SC(C)C(=O)Nc2ccc(F)cc2Cl)nc(C)c1C. The molecule has 4 nitrogen and oxygen atoms in total. The molecule has 0 radical (unpaired) electrons. The van der Waals surface area contributed by atoms with Gasteiger partial charge in [-0.15, -0.1) is 0 Å². The summed E-state index contributed by atoms with van der Waals surface area (Å²) in [5.74, 6) is -0.631. The first-order valence-electron chi connectivity index (χ1n) is 8.29. The first-order valence-corrected chi connectivity index (χ1v) is 9.55. The zero-order valence-electron chi connectivity index (χ0n) is 14.9. The first-order chi connectivity index (χ1) is 11.8. The van der Waals surface area contributed by atoms with Gasteiger partial charge < -0.3 is 9.88 Å². The predicted octanol–water partition coefficient (Wildman–Crippen LogP) is 5.21. The average molecular weight is 384 g/mol. The minimum Gasteiger partial charge on any atom is -0.324 e. The molecule has 0 saturated carbocycles. The van der Waals surface area contributed by atoms with Gasteiger partial charge in [-0.05, 0) is 45.4 Å². The minimum absolute atomic E-state index is 0.182. The highest BCUT2D eigenvalue weighted by molar-refractivity contribution is 8.00. The molecule has 2 rings (SSSR count). The number of unbranched alkanes of at least 4 members (excludes halogenated alkanes) is 1. The van der Waals surface area contributed by atoms with Crippen molar-refractivity contribution in [2.75, 3.05) is 5.32 Å². The minimum atomic E-state index is -0.436. The fraction of sp³-hybridized carbons (Fsp3) is 0.444. The molecule has 136 valence electrons. The highest BCUT2D eigenvalue weighted by Gasteiger charge is 2.20. The van der Waals surface area contributed by atoms with Crippen LogP contribution in [-0.2, 0) is 11.3 Å². The molecule has 2 aromatic rings. The molecule has 0 aliphatic rings. The van der Waals surface area contributed by atoms with Crippen molar-refractivity contribution in [1.82, 2.24) is 9.55 Å². The van der Waals surface area contributed by atoms with E-state index in [-0.39, 0.29) is 16.2 Å². The molecule has 0 spiro atoms. The Morgan fingerprint density at radius 1 is 1.44 bits per heavy atom. The highest BCUT2D eigenvalue weighted by Crippen LogP contribution is 2.28. The van der Waals surface area contributed by atoms with Crippen molar-refractivity contribution in [3.8, 4) is 0 Å². The Morgan fingerprint density at radius 3 is 2.80 bits per heavy atom. The zero-order chi connectivity index (χ0) is 18.6. The summed E-state index contributed by atoms with van der Waals surface area (Å²) in [6, 6.07) is 3.91. The van der Waals surface area contributed by atoms with Gasteiger partial charge in [0.1, 0.15) is 5.82 Å². The van der Waals surface area contributed by atoms with Crippen LogP contribution in [0.2, 0.25) is 5.02 Å². The summed E-state index contributed by atoms with van der Waals surface area (Å²) in [5.41, 5.74) is 2.51. The third-order valence-corrected chi connectivity index (χ3v) is 5.40. The molecule has 0 saturated heterocycles. The maximum absolute atomic E-state index is 13.1. The Hall–Kier alpha value is -1.53. The molecule has 1 aromatic carbocycles. The quantitative estimate of drug-likeness (QED) is 0.667. The van der Waals surface area contributed by atoms with E-state index in [0.717, 1.165) is 35.9 Å². The summed E-state index contributed by atoms with van der Waals surface area (Å²) in [6.07, 6.45) is 2.16. The lowest BCUT2D eigenvalue weighted by atomic mass is 10.3. The normalized spacial score (nSPS) is 12.2. The monoisotopic (exact) mass is 383 g/mol. The predicted molar refractivity (Wildman–Crippen MR) is 102 cm³/mol. The van der Waals surface area contributed by atoms with E-state index in [1.807, 2.05) is 20.8 Å². The number of carbonyl (C=O) groups is 1. The number of aromatic nitrogens is 2. The third-order valence-electron chi connectivity index (χ3n) is 4.00. The Balaban J connectivity index is 2.09. The van der Waals surface area contributed by atoms with Crippen molar-refractivity contribution in [2.24, 2.45) is 0 Å². The van der Waals surface area contributed by atoms with Crippen molar-refractivity contribution < 1.29 is 9.18 Å². The van der Waals surface area contributed by atoms with E-state index < -0.39 is 5.82 Å². The smallest absolute Gasteiger partial charge is 0.237 e. The Bertz CT molecular complexity index is 763. The molecule has 1 aromatic heterocycles. The number of thioether (sulfide) groups is 1. The van der Waals surface area contributed by atoms with Crippen LogP contribution in [0, 0.1) is 19.7 Å². The van der Waals surface area contributed by atoms with Gasteiger partial charge in [-0.2, -0.15) is 0 Å². The van der Waals surface area contributed by atoms with Gasteiger partial charge in [0.15, 0.2) is 5.16 Å². The van der Waals surface area contributed by atoms with Crippen LogP contribution >= 0.6 is 23.4 Å². The molecule has 1 unspecified atom stereocenters. The van der Waals surface area contributed by atoms with Crippen LogP contribution in [-0.4, -0.2) is 20.7 Å². The van der Waals surface area contributed by atoms with Crippen LogP contribution in [0.5, 0.6) is 0 Å². The van der Waals surface area contributed by atoms with E-state index in [1.165, 1.54) is 30.0 Å². The number of nitrogens with one attached hydrogen (secondary N) is 1. The van der Waals surface area contributed by atoms with Gasteiger partial charge in [0.05, 0.1) is 21.7 Å². The standard InChI is InChI=1S/C18H23ClFN3OS/c1-5-6-9-23-12(3)11(2)21-18(23)25-13(4)17(24)22-16-8-7-14(20)10-15(16)19/h7-8,10,13H,5-6,9H2,1-4H3,(H,22,24). The van der Waals surface area contributed by atoms with Gasteiger partial charge in [-0.1, -0.05) is 36.7 Å². The average Bonchev–Trinajstić information content (AvgIpc) is 2.82. The maximum Gasteiger partial charge on any atom is 0.237 e. The first kappa shape index (κ1) is 19.8. The van der Waals surface area contributed by atoms with Crippen molar-refractivity contribution in [1.29, 1.82) is 0 Å². The van der Waals surface area contributed by atoms with Gasteiger partial charge in [-0.3, -0.25) is 4.79 Å². The molecule has 0 aliphatic carbocycles. The van der Waals surface area contributed by atoms with Crippen LogP contribution in [0.4, 0.5) is 10.1 Å². The van der Waals surface area contributed by atoms with Crippen LogP contribution in [0.1, 0.15) is 38.1 Å². The number of hydrogen-bond donors (Lipinski definition) is 1. The molecule has 1 amide bonds. The number of carbonyl (C=O) groups excluding carboxylic acids is 1. The summed E-state index contributed by atoms with van der Waals surface area (Å²) >= 11 is 7.38. The summed E-state index contributed by atoms with van der Waals surface area (Å²) in [4.78, 5) is 17.0. The Kier molecular flexibility index (Phi) is 6.90. The van der Waals surface area contributed by atoms with E-state index in [4.69, 9.17) is 11.6 Å². The molecule has 0 bridgehead atoms. The summed E-state index contributed by atoms with van der Waals surface area (Å²) in [5, 5.41) is 3.41. The molecule has 1 atom stereocenters. The lowest BCUT2D eigenvalue weighted by Crippen LogP contribution is -2.23. The van der Waals surface area contributed by atoms with E-state index in [2.05, 4.69) is 21.8 Å². The lowest BCUT2D eigenvalue weighted by Gasteiger charge is -2.14. The number of anilines is 1. The molecule has 25 heavy (non-hydrogen) atoms. The number of nitrogens with zero attached hydrogens (tertiary/aromatic N) is 2. The zero-order valence-corrected chi connectivity index (χ0v) is 16.5. The molecular formula is C18H23ClFN3OS. The molecule has 0 fully saturated rings. The third kappa shape index (κ3) is 4.98. The van der Waals surface area contributed by atoms with E-state index in [0.29, 0.717) is 5.69 Å². The second kappa shape index (κ2) is 8.72. The number of halogens is 2. The van der Waals surface area contributed by atoms with Crippen LogP contribution in [0.3, 0.4) is 0 Å². The Labute approximate surface area is 157 Å². The molecule has 1 N–H and O–H groups in total. The second-order valence-corrected chi connectivity index (χ2v) is 7.66. The highest BCUT2D eigenvalue weighted by atomic mass is 35.5. The van der Waals surface area contributed by atoms with Gasteiger partial charge in [0.2, 0.25) is 5.91 Å². The second-order valence-electron chi connectivity index (χ2n) is 5.94. The number of benzene rings is 1. The molecular weight excluding hydrogens is 361 g/mol. The summed E-state index contributed by atoms with van der Waals surface area (Å²) in [6.45, 7) is 8.88. The fourth-order valence-corrected chi connectivity index (χ4v) is 3.57. The molecule has 7 heteroatoms. The van der Waals surface area contributed by atoms with Gasteiger partial charge in [-0.25, -0.2) is 9.37 Å². The Morgan fingerprint density at radius 2 is 2.16 bits per heavy atom. The molecule has 0 aliphatic heterocycles. The number of hydrogen-bond acceptors (Lipinski definition) is 3. The number of amides is 1. The van der Waals surface area contributed by atoms with Crippen LogP contribution in [0.25, 0.3) is 0 Å². The van der Waals surface area contributed by atoms with Crippen LogP contribution in [0.15, 0.2) is 23.4 Å². The fourth-order valence-electron chi connectivity index (χ4n) is 2.33. The summed E-state index contributed by atoms with van der Waals surface area (Å²) in [7, 11) is 0. The van der Waals surface area contributed by atoms with Gasteiger partial charge >= 0.3 is 0 Å². The maximum atomic E-state index is 13.1. The van der Waals surface area contributed by atoms with Crippen molar-refractivity contribution in [2.45, 2.75) is 57.5 Å². The number of rotatable bonds is 7. The van der Waals surface area contributed by atoms with E-state index in [9.17, 15) is 9.18 Å². The number of imidazole rings is 1. The largest absolute Gasteiger partial charge is 0.324 e.